The number of sulfonamides is 1. The number of hydrogen-bond acceptors (Lipinski definition) is 4. The zero-order valence-corrected chi connectivity index (χ0v) is 15.7. The van der Waals surface area contributed by atoms with Crippen LogP contribution in [0.1, 0.15) is 35.7 Å². The highest BCUT2D eigenvalue weighted by Gasteiger charge is 2.29. The van der Waals surface area contributed by atoms with E-state index in [2.05, 4.69) is 0 Å². The average Bonchev–Trinajstić information content (AvgIpc) is 3.03. The van der Waals surface area contributed by atoms with Gasteiger partial charge in [-0.2, -0.15) is 0 Å². The van der Waals surface area contributed by atoms with Crippen LogP contribution in [0.2, 0.25) is 0 Å². The van der Waals surface area contributed by atoms with E-state index < -0.39 is 10.0 Å². The van der Waals surface area contributed by atoms with Gasteiger partial charge in [0.2, 0.25) is 10.0 Å². The van der Waals surface area contributed by atoms with Crippen LogP contribution in [0.15, 0.2) is 18.2 Å². The molecule has 0 radical (unpaired) electrons. The van der Waals surface area contributed by atoms with Gasteiger partial charge in [0.1, 0.15) is 0 Å². The van der Waals surface area contributed by atoms with Gasteiger partial charge in [-0.3, -0.25) is 9.10 Å². The summed E-state index contributed by atoms with van der Waals surface area (Å²) in [4.78, 5) is 14.8. The van der Waals surface area contributed by atoms with Crippen LogP contribution < -0.4 is 4.31 Å². The third-order valence-electron chi connectivity index (χ3n) is 4.94. The smallest absolute Gasteiger partial charge is 0.253 e. The molecule has 1 aromatic rings. The van der Waals surface area contributed by atoms with Gasteiger partial charge in [-0.05, 0) is 55.9 Å². The van der Waals surface area contributed by atoms with E-state index in [-0.39, 0.29) is 5.91 Å². The topological polar surface area (TPSA) is 66.9 Å². The van der Waals surface area contributed by atoms with Crippen LogP contribution in [0.25, 0.3) is 0 Å². The van der Waals surface area contributed by atoms with Crippen LogP contribution in [0.3, 0.4) is 0 Å². The van der Waals surface area contributed by atoms with Gasteiger partial charge in [0.25, 0.3) is 5.91 Å². The van der Waals surface area contributed by atoms with Gasteiger partial charge in [-0.15, -0.1) is 0 Å². The molecule has 0 saturated carbocycles. The van der Waals surface area contributed by atoms with Gasteiger partial charge < -0.3 is 9.64 Å². The van der Waals surface area contributed by atoms with Crippen LogP contribution in [0.4, 0.5) is 5.69 Å². The van der Waals surface area contributed by atoms with Crippen molar-refractivity contribution in [1.29, 1.82) is 0 Å². The van der Waals surface area contributed by atoms with Crippen molar-refractivity contribution >= 4 is 21.6 Å². The van der Waals surface area contributed by atoms with Crippen molar-refractivity contribution < 1.29 is 17.9 Å². The average molecular weight is 366 g/mol. The molecule has 0 aromatic heterocycles. The Kier molecular flexibility index (Phi) is 5.34. The normalized spacial score (nSPS) is 20.6. The molecule has 2 aliphatic heterocycles. The molecular weight excluding hydrogens is 340 g/mol. The molecule has 1 unspecified atom stereocenters. The fourth-order valence-electron chi connectivity index (χ4n) is 3.70. The number of likely N-dealkylation sites (tertiary alicyclic amines) is 1. The summed E-state index contributed by atoms with van der Waals surface area (Å²) in [6, 6.07) is 5.37. The van der Waals surface area contributed by atoms with E-state index in [0.717, 1.165) is 31.5 Å². The number of ether oxygens (including phenoxy) is 1. The lowest BCUT2D eigenvalue weighted by molar-refractivity contribution is 0.0501. The standard InChI is InChI=1S/C18H26N2O4S/c1-3-24-13-14-5-4-9-19(12-14)18(21)16-6-7-17-15(11-16)8-10-20(17)25(2,22)23/h6-7,11,14H,3-5,8-10,12-13H2,1-2H3. The maximum Gasteiger partial charge on any atom is 0.253 e. The molecule has 2 aliphatic rings. The largest absolute Gasteiger partial charge is 0.381 e. The molecule has 6 nitrogen and oxygen atoms in total. The zero-order chi connectivity index (χ0) is 18.0. The molecular formula is C18H26N2O4S. The molecule has 1 aromatic carbocycles. The highest BCUT2D eigenvalue weighted by molar-refractivity contribution is 7.92. The Morgan fingerprint density at radius 2 is 2.12 bits per heavy atom. The summed E-state index contributed by atoms with van der Waals surface area (Å²) in [6.45, 7) is 5.33. The Morgan fingerprint density at radius 3 is 2.84 bits per heavy atom. The number of carbonyl (C=O) groups excluding carboxylic acids is 1. The van der Waals surface area contributed by atoms with Crippen molar-refractivity contribution in [2.24, 2.45) is 5.92 Å². The summed E-state index contributed by atoms with van der Waals surface area (Å²) >= 11 is 0. The number of anilines is 1. The Hall–Kier alpha value is -1.60. The summed E-state index contributed by atoms with van der Waals surface area (Å²) in [7, 11) is -3.26. The lowest BCUT2D eigenvalue weighted by atomic mass is 9.98. The minimum absolute atomic E-state index is 0.0294. The molecule has 2 heterocycles. The molecule has 0 aliphatic carbocycles. The number of nitrogens with zero attached hydrogens (tertiary/aromatic N) is 2. The van der Waals surface area contributed by atoms with Gasteiger partial charge >= 0.3 is 0 Å². The Bertz CT molecular complexity index is 747. The van der Waals surface area contributed by atoms with Gasteiger partial charge in [0.05, 0.1) is 18.6 Å². The Morgan fingerprint density at radius 1 is 1.32 bits per heavy atom. The molecule has 1 saturated heterocycles. The van der Waals surface area contributed by atoms with Gasteiger partial charge in [-0.1, -0.05) is 0 Å². The molecule has 1 fully saturated rings. The molecule has 0 spiro atoms. The van der Waals surface area contributed by atoms with E-state index in [1.165, 1.54) is 10.6 Å². The summed E-state index contributed by atoms with van der Waals surface area (Å²) in [5.41, 5.74) is 2.28. The molecule has 25 heavy (non-hydrogen) atoms. The second kappa shape index (κ2) is 7.33. The first kappa shape index (κ1) is 18.2. The number of amides is 1. The van der Waals surface area contributed by atoms with E-state index >= 15 is 0 Å². The molecule has 138 valence electrons. The highest BCUT2D eigenvalue weighted by atomic mass is 32.2. The first-order chi connectivity index (χ1) is 11.9. The van der Waals surface area contributed by atoms with E-state index in [9.17, 15) is 13.2 Å². The van der Waals surface area contributed by atoms with Crippen LogP contribution >= 0.6 is 0 Å². The molecule has 1 amide bonds. The number of fused-ring (bicyclic) bond motifs is 1. The van der Waals surface area contributed by atoms with Crippen molar-refractivity contribution in [2.45, 2.75) is 26.2 Å². The maximum atomic E-state index is 12.9. The monoisotopic (exact) mass is 366 g/mol. The Balaban J connectivity index is 1.73. The van der Waals surface area contributed by atoms with Crippen molar-refractivity contribution in [3.05, 3.63) is 29.3 Å². The second-order valence-electron chi connectivity index (χ2n) is 6.85. The van der Waals surface area contributed by atoms with Gasteiger partial charge in [0, 0.05) is 31.8 Å². The summed E-state index contributed by atoms with van der Waals surface area (Å²) in [5, 5.41) is 0. The molecule has 3 rings (SSSR count). The van der Waals surface area contributed by atoms with Crippen molar-refractivity contribution in [3.63, 3.8) is 0 Å². The predicted octanol–water partition coefficient (Wildman–Crippen LogP) is 1.90. The van der Waals surface area contributed by atoms with Crippen LogP contribution in [-0.4, -0.2) is 58.3 Å². The van der Waals surface area contributed by atoms with E-state index in [1.54, 1.807) is 12.1 Å². The number of rotatable bonds is 5. The highest BCUT2D eigenvalue weighted by Crippen LogP contribution is 2.31. The van der Waals surface area contributed by atoms with E-state index in [1.807, 2.05) is 17.9 Å². The zero-order valence-electron chi connectivity index (χ0n) is 14.9. The lowest BCUT2D eigenvalue weighted by Gasteiger charge is -2.32. The number of piperidine rings is 1. The number of hydrogen-bond donors (Lipinski definition) is 0. The van der Waals surface area contributed by atoms with Crippen molar-refractivity contribution in [3.8, 4) is 0 Å². The summed E-state index contributed by atoms with van der Waals surface area (Å²) in [6.07, 6.45) is 3.96. The fourth-order valence-corrected chi connectivity index (χ4v) is 4.66. The predicted molar refractivity (Wildman–Crippen MR) is 97.5 cm³/mol. The number of benzene rings is 1. The first-order valence-electron chi connectivity index (χ1n) is 8.87. The number of carbonyl (C=O) groups is 1. The van der Waals surface area contributed by atoms with Crippen LogP contribution in [0, 0.1) is 5.92 Å². The van der Waals surface area contributed by atoms with E-state index in [4.69, 9.17) is 4.74 Å². The third-order valence-corrected chi connectivity index (χ3v) is 6.12. The lowest BCUT2D eigenvalue weighted by Crippen LogP contribution is -2.41. The van der Waals surface area contributed by atoms with Crippen LogP contribution in [-0.2, 0) is 21.2 Å². The van der Waals surface area contributed by atoms with Crippen LogP contribution in [0.5, 0.6) is 0 Å². The summed E-state index contributed by atoms with van der Waals surface area (Å²) in [5.74, 6) is 0.426. The Labute approximate surface area is 149 Å². The minimum atomic E-state index is -3.26. The summed E-state index contributed by atoms with van der Waals surface area (Å²) < 4.78 is 30.6. The molecule has 1 atom stereocenters. The molecule has 0 bridgehead atoms. The van der Waals surface area contributed by atoms with Gasteiger partial charge in [-0.25, -0.2) is 8.42 Å². The maximum absolute atomic E-state index is 12.9. The van der Waals surface area contributed by atoms with Crippen molar-refractivity contribution in [1.82, 2.24) is 4.90 Å². The second-order valence-corrected chi connectivity index (χ2v) is 8.75. The quantitative estimate of drug-likeness (QED) is 0.798. The molecule has 7 heteroatoms. The molecule has 0 N–H and O–H groups in total. The minimum Gasteiger partial charge on any atom is -0.381 e. The van der Waals surface area contributed by atoms with Gasteiger partial charge in [0.15, 0.2) is 0 Å². The fraction of sp³-hybridized carbons (Fsp3) is 0.611. The third kappa shape index (κ3) is 3.98. The SMILES string of the molecule is CCOCC1CCCN(C(=O)c2ccc3c(c2)CCN3S(C)(=O)=O)C1. The first-order valence-corrected chi connectivity index (χ1v) is 10.7. The van der Waals surface area contributed by atoms with Crippen molar-refractivity contribution in [2.75, 3.05) is 43.4 Å². The van der Waals surface area contributed by atoms with E-state index in [0.29, 0.717) is 43.3 Å².